The lowest BCUT2D eigenvalue weighted by molar-refractivity contribution is -0.191. The van der Waals surface area contributed by atoms with Crippen LogP contribution >= 0.6 is 0 Å². The smallest absolute Gasteiger partial charge is 0.368 e. The molecule has 1 aliphatic heterocycles. The van der Waals surface area contributed by atoms with Gasteiger partial charge in [-0.3, -0.25) is 10.2 Å². The number of rotatable bonds is 2. The van der Waals surface area contributed by atoms with E-state index in [-0.39, 0.29) is 25.2 Å². The SMILES string of the molecule is N#Cc1ccc(N2C[C@]3(C(=O)NN)C[C@]3(C(F)(F)F)C2)c2ccnn12. The average molecular weight is 350 g/mol. The van der Waals surface area contributed by atoms with Gasteiger partial charge in [0.25, 0.3) is 0 Å². The maximum absolute atomic E-state index is 13.7. The highest BCUT2D eigenvalue weighted by atomic mass is 19.4. The number of alkyl halides is 3. The van der Waals surface area contributed by atoms with Crippen molar-refractivity contribution in [2.24, 2.45) is 16.7 Å². The monoisotopic (exact) mass is 350 g/mol. The van der Waals surface area contributed by atoms with E-state index in [2.05, 4.69) is 5.10 Å². The second-order valence-corrected chi connectivity index (χ2v) is 6.51. The van der Waals surface area contributed by atoms with Crippen LogP contribution in [0.3, 0.4) is 0 Å². The van der Waals surface area contributed by atoms with Gasteiger partial charge in [0.15, 0.2) is 0 Å². The molecule has 25 heavy (non-hydrogen) atoms. The highest BCUT2D eigenvalue weighted by Crippen LogP contribution is 2.75. The maximum atomic E-state index is 13.7. The highest BCUT2D eigenvalue weighted by Gasteiger charge is 2.86. The number of nitrogens with one attached hydrogen (secondary N) is 1. The predicted molar refractivity (Wildman–Crippen MR) is 80.0 cm³/mol. The van der Waals surface area contributed by atoms with Crippen LogP contribution in [0.1, 0.15) is 12.1 Å². The normalized spacial score (nSPS) is 27.9. The first kappa shape index (κ1) is 15.7. The minimum atomic E-state index is -4.52. The van der Waals surface area contributed by atoms with Crippen LogP contribution in [0.2, 0.25) is 0 Å². The fourth-order valence-electron chi connectivity index (χ4n) is 4.09. The molecular formula is C15H13F3N6O. The largest absolute Gasteiger partial charge is 0.397 e. The fourth-order valence-corrected chi connectivity index (χ4v) is 4.09. The van der Waals surface area contributed by atoms with Crippen LogP contribution in [0, 0.1) is 22.2 Å². The van der Waals surface area contributed by atoms with Crippen molar-refractivity contribution in [1.82, 2.24) is 15.0 Å². The summed E-state index contributed by atoms with van der Waals surface area (Å²) in [6, 6.07) is 6.68. The maximum Gasteiger partial charge on any atom is 0.397 e. The molecular weight excluding hydrogens is 337 g/mol. The molecule has 1 aliphatic carbocycles. The number of hydrogen-bond donors (Lipinski definition) is 2. The van der Waals surface area contributed by atoms with Crippen LogP contribution in [0.4, 0.5) is 18.9 Å². The molecule has 2 aromatic rings. The minimum absolute atomic E-state index is 0.0950. The number of hydrogen-bond acceptors (Lipinski definition) is 5. The number of fused-ring (bicyclic) bond motifs is 2. The van der Waals surface area contributed by atoms with E-state index in [9.17, 15) is 18.0 Å². The second kappa shape index (κ2) is 4.64. The molecule has 2 fully saturated rings. The third-order valence-corrected chi connectivity index (χ3v) is 5.41. The molecule has 2 atom stereocenters. The van der Waals surface area contributed by atoms with Gasteiger partial charge in [0.2, 0.25) is 5.91 Å². The van der Waals surface area contributed by atoms with Gasteiger partial charge in [-0.25, -0.2) is 10.4 Å². The quantitative estimate of drug-likeness (QED) is 0.477. The number of anilines is 1. The Balaban J connectivity index is 1.79. The van der Waals surface area contributed by atoms with E-state index < -0.39 is 22.9 Å². The van der Waals surface area contributed by atoms with Gasteiger partial charge in [0.05, 0.1) is 22.8 Å². The molecule has 1 amide bonds. The number of nitrogens with zero attached hydrogens (tertiary/aromatic N) is 4. The third kappa shape index (κ3) is 1.78. The number of halogens is 3. The van der Waals surface area contributed by atoms with E-state index in [1.54, 1.807) is 12.1 Å². The summed E-state index contributed by atoms with van der Waals surface area (Å²) in [6.07, 6.45) is -3.31. The Hall–Kier alpha value is -2.80. The van der Waals surface area contributed by atoms with Crippen LogP contribution < -0.4 is 16.2 Å². The number of pyridine rings is 1. The minimum Gasteiger partial charge on any atom is -0.368 e. The number of nitrogens with two attached hydrogens (primary N) is 1. The zero-order valence-electron chi connectivity index (χ0n) is 12.8. The average Bonchev–Trinajstić information content (AvgIpc) is 2.91. The number of amides is 1. The van der Waals surface area contributed by atoms with Crippen molar-refractivity contribution in [2.75, 3.05) is 18.0 Å². The standard InChI is InChI=1S/C15H13F3N6O/c16-15(17,18)14-6-13(14,12(25)22-20)7-23(8-14)10-2-1-9(5-19)24-11(10)3-4-21-24/h1-4H,6-8,20H2,(H,22,25)/t13-,14-/m0/s1. The molecule has 0 aromatic carbocycles. The molecule has 3 N–H and O–H groups in total. The van der Waals surface area contributed by atoms with E-state index in [0.29, 0.717) is 11.2 Å². The molecule has 10 heteroatoms. The predicted octanol–water partition coefficient (Wildman–Crippen LogP) is 0.955. The van der Waals surface area contributed by atoms with Crippen LogP contribution in [-0.4, -0.2) is 34.8 Å². The highest BCUT2D eigenvalue weighted by molar-refractivity contribution is 5.90. The van der Waals surface area contributed by atoms with E-state index in [0.717, 1.165) is 0 Å². The first-order chi connectivity index (χ1) is 11.8. The van der Waals surface area contributed by atoms with Crippen molar-refractivity contribution in [3.8, 4) is 6.07 Å². The Bertz CT molecular complexity index is 931. The van der Waals surface area contributed by atoms with Crippen molar-refractivity contribution in [3.05, 3.63) is 30.1 Å². The Morgan fingerprint density at radius 3 is 2.76 bits per heavy atom. The molecule has 0 bridgehead atoms. The number of aromatic nitrogens is 2. The van der Waals surface area contributed by atoms with Crippen molar-refractivity contribution >= 4 is 17.1 Å². The van der Waals surface area contributed by atoms with Crippen molar-refractivity contribution in [2.45, 2.75) is 12.6 Å². The second-order valence-electron chi connectivity index (χ2n) is 6.51. The number of piperidine rings is 1. The third-order valence-electron chi connectivity index (χ3n) is 5.41. The van der Waals surface area contributed by atoms with Gasteiger partial charge in [-0.2, -0.15) is 23.5 Å². The van der Waals surface area contributed by atoms with Crippen LogP contribution in [0.25, 0.3) is 5.52 Å². The van der Waals surface area contributed by atoms with E-state index >= 15 is 0 Å². The summed E-state index contributed by atoms with van der Waals surface area (Å²) in [7, 11) is 0. The molecule has 7 nitrogen and oxygen atoms in total. The molecule has 0 radical (unpaired) electrons. The topological polar surface area (TPSA) is 99.5 Å². The summed E-state index contributed by atoms with van der Waals surface area (Å²) < 4.78 is 42.4. The summed E-state index contributed by atoms with van der Waals surface area (Å²) in [5.74, 6) is 4.33. The molecule has 4 rings (SSSR count). The Kier molecular flexibility index (Phi) is 2.91. The van der Waals surface area contributed by atoms with Crippen LogP contribution in [-0.2, 0) is 4.79 Å². The molecule has 2 aromatic heterocycles. The summed E-state index contributed by atoms with van der Waals surface area (Å²) in [5.41, 5.74) is -0.516. The van der Waals surface area contributed by atoms with E-state index in [4.69, 9.17) is 11.1 Å². The number of carbonyl (C=O) groups excluding carboxylic acids is 1. The number of nitriles is 1. The lowest BCUT2D eigenvalue weighted by Gasteiger charge is -2.24. The van der Waals surface area contributed by atoms with Crippen molar-refractivity contribution in [3.63, 3.8) is 0 Å². The Morgan fingerprint density at radius 1 is 1.36 bits per heavy atom. The molecule has 2 aliphatic rings. The molecule has 130 valence electrons. The molecule has 0 unspecified atom stereocenters. The summed E-state index contributed by atoms with van der Waals surface area (Å²) in [4.78, 5) is 13.6. The zero-order valence-corrected chi connectivity index (χ0v) is 12.8. The van der Waals surface area contributed by atoms with E-state index in [1.807, 2.05) is 11.5 Å². The van der Waals surface area contributed by atoms with Crippen molar-refractivity contribution < 1.29 is 18.0 Å². The lowest BCUT2D eigenvalue weighted by atomic mass is 9.95. The van der Waals surface area contributed by atoms with Crippen molar-refractivity contribution in [1.29, 1.82) is 5.26 Å². The van der Waals surface area contributed by atoms with Gasteiger partial charge in [0.1, 0.15) is 17.2 Å². The Morgan fingerprint density at radius 2 is 2.12 bits per heavy atom. The number of hydrazine groups is 1. The zero-order chi connectivity index (χ0) is 18.0. The van der Waals surface area contributed by atoms with Crippen LogP contribution in [0.15, 0.2) is 24.4 Å². The van der Waals surface area contributed by atoms with Gasteiger partial charge in [-0.1, -0.05) is 0 Å². The first-order valence-corrected chi connectivity index (χ1v) is 7.49. The van der Waals surface area contributed by atoms with Gasteiger partial charge in [-0.05, 0) is 24.6 Å². The molecule has 3 heterocycles. The van der Waals surface area contributed by atoms with Gasteiger partial charge in [0, 0.05) is 13.1 Å². The first-order valence-electron chi connectivity index (χ1n) is 7.49. The fraction of sp³-hybridized carbons (Fsp3) is 0.400. The lowest BCUT2D eigenvalue weighted by Crippen LogP contribution is -2.43. The summed E-state index contributed by atoms with van der Waals surface area (Å²) >= 11 is 0. The summed E-state index contributed by atoms with van der Waals surface area (Å²) in [6.45, 7) is -0.432. The molecule has 1 saturated carbocycles. The van der Waals surface area contributed by atoms with E-state index in [1.165, 1.54) is 21.7 Å². The Labute approximate surface area is 139 Å². The molecule has 0 spiro atoms. The number of carbonyl (C=O) groups is 1. The molecule has 1 saturated heterocycles. The van der Waals surface area contributed by atoms with Gasteiger partial charge < -0.3 is 4.90 Å². The van der Waals surface area contributed by atoms with Gasteiger partial charge >= 0.3 is 6.18 Å². The van der Waals surface area contributed by atoms with Crippen LogP contribution in [0.5, 0.6) is 0 Å². The van der Waals surface area contributed by atoms with Gasteiger partial charge in [-0.15, -0.1) is 0 Å². The summed E-state index contributed by atoms with van der Waals surface area (Å²) in [5, 5.41) is 13.1.